The van der Waals surface area contributed by atoms with Gasteiger partial charge in [0.15, 0.2) is 12.1 Å². The number of hydrogen-bond acceptors (Lipinski definition) is 4. The van der Waals surface area contributed by atoms with Gasteiger partial charge in [-0.3, -0.25) is 0 Å². The summed E-state index contributed by atoms with van der Waals surface area (Å²) in [6, 6.07) is 0. The van der Waals surface area contributed by atoms with Crippen LogP contribution in [-0.2, 0) is 18.9 Å². The van der Waals surface area contributed by atoms with Gasteiger partial charge < -0.3 is 18.9 Å². The van der Waals surface area contributed by atoms with Crippen molar-refractivity contribution in [3.63, 3.8) is 0 Å². The number of hydrogen-bond donors (Lipinski definition) is 0. The smallest absolute Gasteiger partial charge is 0.186 e. The van der Waals surface area contributed by atoms with Crippen molar-refractivity contribution in [2.45, 2.75) is 70.9 Å². The molecule has 4 heteroatoms. The van der Waals surface area contributed by atoms with Crippen LogP contribution in [0.15, 0.2) is 0 Å². The van der Waals surface area contributed by atoms with E-state index in [1.54, 1.807) is 7.11 Å². The lowest BCUT2D eigenvalue weighted by atomic mass is 9.88. The maximum absolute atomic E-state index is 6.00. The first-order valence-corrected chi connectivity index (χ1v) is 6.34. The van der Waals surface area contributed by atoms with Crippen LogP contribution < -0.4 is 0 Å². The van der Waals surface area contributed by atoms with Crippen molar-refractivity contribution in [3.8, 4) is 0 Å². The zero-order valence-corrected chi connectivity index (χ0v) is 11.6. The minimum absolute atomic E-state index is 0.0511. The van der Waals surface area contributed by atoms with E-state index >= 15 is 0 Å². The van der Waals surface area contributed by atoms with E-state index in [1.807, 2.05) is 13.8 Å². The van der Waals surface area contributed by atoms with E-state index in [9.17, 15) is 0 Å². The van der Waals surface area contributed by atoms with E-state index in [0.717, 1.165) is 6.42 Å². The van der Waals surface area contributed by atoms with Crippen molar-refractivity contribution in [2.75, 3.05) is 7.11 Å². The Labute approximate surface area is 104 Å². The van der Waals surface area contributed by atoms with Crippen molar-refractivity contribution >= 4 is 0 Å². The molecule has 4 atom stereocenters. The third-order valence-corrected chi connectivity index (χ3v) is 3.43. The van der Waals surface area contributed by atoms with Gasteiger partial charge in [0.2, 0.25) is 0 Å². The average Bonchev–Trinajstić information content (AvgIpc) is 2.60. The van der Waals surface area contributed by atoms with Crippen LogP contribution in [0.2, 0.25) is 0 Å². The van der Waals surface area contributed by atoms with Crippen LogP contribution in [-0.4, -0.2) is 37.0 Å². The third-order valence-electron chi connectivity index (χ3n) is 3.43. The minimum atomic E-state index is -0.547. The fraction of sp³-hybridized carbons (Fsp3) is 1.00. The first kappa shape index (κ1) is 13.3. The Morgan fingerprint density at radius 3 is 2.29 bits per heavy atom. The van der Waals surface area contributed by atoms with Gasteiger partial charge in [-0.05, 0) is 33.1 Å². The highest BCUT2D eigenvalue weighted by molar-refractivity contribution is 5.03. The van der Waals surface area contributed by atoms with Crippen molar-refractivity contribution < 1.29 is 18.9 Å². The second-order valence-electron chi connectivity index (χ2n) is 6.15. The molecular formula is C13H24O4. The molecular weight excluding hydrogens is 220 g/mol. The summed E-state index contributed by atoms with van der Waals surface area (Å²) in [5, 5.41) is 0. The molecule has 2 rings (SSSR count). The highest BCUT2D eigenvalue weighted by Crippen LogP contribution is 2.46. The quantitative estimate of drug-likeness (QED) is 0.763. The van der Waals surface area contributed by atoms with Gasteiger partial charge >= 0.3 is 0 Å². The lowest BCUT2D eigenvalue weighted by Crippen LogP contribution is -2.41. The first-order valence-electron chi connectivity index (χ1n) is 6.34. The molecule has 4 nitrogen and oxygen atoms in total. The molecule has 17 heavy (non-hydrogen) atoms. The molecule has 0 N–H and O–H groups in total. The average molecular weight is 244 g/mol. The van der Waals surface area contributed by atoms with Crippen LogP contribution >= 0.6 is 0 Å². The Morgan fingerprint density at radius 2 is 1.76 bits per heavy atom. The topological polar surface area (TPSA) is 36.9 Å². The molecule has 2 heterocycles. The highest BCUT2D eigenvalue weighted by Gasteiger charge is 2.61. The van der Waals surface area contributed by atoms with E-state index in [2.05, 4.69) is 20.8 Å². The molecule has 0 radical (unpaired) electrons. The second-order valence-corrected chi connectivity index (χ2v) is 6.15. The lowest BCUT2D eigenvalue weighted by molar-refractivity contribution is -0.249. The van der Waals surface area contributed by atoms with Crippen LogP contribution in [0.3, 0.4) is 0 Å². The molecule has 0 aromatic carbocycles. The SMILES string of the molecule is COC1OC(C)(CC(C)C)[C@@H]2OC(C)(C)OC12. The largest absolute Gasteiger partial charge is 0.353 e. The minimum Gasteiger partial charge on any atom is -0.353 e. The monoisotopic (exact) mass is 244 g/mol. The lowest BCUT2D eigenvalue weighted by Gasteiger charge is -2.32. The molecule has 3 unspecified atom stereocenters. The fourth-order valence-electron chi connectivity index (χ4n) is 3.02. The number of ether oxygens (including phenoxy) is 4. The molecule has 2 fully saturated rings. The van der Waals surface area contributed by atoms with E-state index in [0.29, 0.717) is 5.92 Å². The first-order chi connectivity index (χ1) is 7.77. The van der Waals surface area contributed by atoms with Gasteiger partial charge in [-0.1, -0.05) is 13.8 Å². The Bertz CT molecular complexity index is 289. The maximum atomic E-state index is 6.00. The van der Waals surface area contributed by atoms with Crippen LogP contribution in [0, 0.1) is 5.92 Å². The summed E-state index contributed by atoms with van der Waals surface area (Å²) in [5.41, 5.74) is -0.326. The zero-order chi connectivity index (χ0) is 12.8. The number of rotatable bonds is 3. The molecule has 100 valence electrons. The van der Waals surface area contributed by atoms with Gasteiger partial charge in [0, 0.05) is 7.11 Å². The predicted molar refractivity (Wildman–Crippen MR) is 63.6 cm³/mol. The van der Waals surface area contributed by atoms with Crippen LogP contribution in [0.25, 0.3) is 0 Å². The Morgan fingerprint density at radius 1 is 1.12 bits per heavy atom. The van der Waals surface area contributed by atoms with E-state index in [1.165, 1.54) is 0 Å². The summed E-state index contributed by atoms with van der Waals surface area (Å²) in [6.45, 7) is 10.3. The zero-order valence-electron chi connectivity index (χ0n) is 11.6. The molecule has 0 bridgehead atoms. The summed E-state index contributed by atoms with van der Waals surface area (Å²) < 4.78 is 23.2. The molecule has 2 aliphatic rings. The van der Waals surface area contributed by atoms with Crippen LogP contribution in [0.5, 0.6) is 0 Å². The van der Waals surface area contributed by atoms with E-state index in [4.69, 9.17) is 18.9 Å². The van der Waals surface area contributed by atoms with Gasteiger partial charge in [-0.2, -0.15) is 0 Å². The van der Waals surface area contributed by atoms with Gasteiger partial charge in [-0.25, -0.2) is 0 Å². The fourth-order valence-corrected chi connectivity index (χ4v) is 3.02. The molecule has 0 spiro atoms. The standard InChI is InChI=1S/C13H24O4/c1-8(2)7-13(5)10-9(11(14-6)17-13)15-12(3,4)16-10/h8-11H,7H2,1-6H3/t9?,10-,11?,13?/m1/s1. The van der Waals surface area contributed by atoms with Gasteiger partial charge in [0.1, 0.15) is 12.2 Å². The van der Waals surface area contributed by atoms with Crippen molar-refractivity contribution in [1.82, 2.24) is 0 Å². The summed E-state index contributed by atoms with van der Waals surface area (Å²) >= 11 is 0. The molecule has 2 aliphatic heterocycles. The summed E-state index contributed by atoms with van der Waals surface area (Å²) in [7, 11) is 1.65. The van der Waals surface area contributed by atoms with E-state index < -0.39 is 5.79 Å². The van der Waals surface area contributed by atoms with Crippen LogP contribution in [0.1, 0.15) is 41.0 Å². The number of methoxy groups -OCH3 is 1. The predicted octanol–water partition coefficient (Wildman–Crippen LogP) is 2.31. The van der Waals surface area contributed by atoms with E-state index in [-0.39, 0.29) is 24.1 Å². The van der Waals surface area contributed by atoms with Crippen LogP contribution in [0.4, 0.5) is 0 Å². The summed E-state index contributed by atoms with van der Waals surface area (Å²) in [6.07, 6.45) is 0.433. The van der Waals surface area contributed by atoms with Crippen molar-refractivity contribution in [1.29, 1.82) is 0 Å². The van der Waals surface area contributed by atoms with Gasteiger partial charge in [0.05, 0.1) is 5.60 Å². The van der Waals surface area contributed by atoms with Gasteiger partial charge in [0.25, 0.3) is 0 Å². The molecule has 0 aliphatic carbocycles. The maximum Gasteiger partial charge on any atom is 0.186 e. The summed E-state index contributed by atoms with van der Waals surface area (Å²) in [5.74, 6) is -0.00252. The Balaban J connectivity index is 2.20. The molecule has 2 saturated heterocycles. The highest BCUT2D eigenvalue weighted by atomic mass is 16.8. The van der Waals surface area contributed by atoms with Gasteiger partial charge in [-0.15, -0.1) is 0 Å². The van der Waals surface area contributed by atoms with Crippen molar-refractivity contribution in [3.05, 3.63) is 0 Å². The molecule has 0 aromatic heterocycles. The van der Waals surface area contributed by atoms with Crippen molar-refractivity contribution in [2.24, 2.45) is 5.92 Å². The normalized spacial score (nSPS) is 44.3. The number of fused-ring (bicyclic) bond motifs is 1. The molecule has 0 aromatic rings. The molecule has 0 saturated carbocycles. The Kier molecular flexibility index (Phi) is 3.28. The second kappa shape index (κ2) is 4.19. The molecule has 0 amide bonds. The Hall–Kier alpha value is -0.160. The summed E-state index contributed by atoms with van der Waals surface area (Å²) in [4.78, 5) is 0. The third kappa shape index (κ3) is 2.36.